The monoisotopic (exact) mass is 285 g/mol. The zero-order chi connectivity index (χ0) is 14.7. The van der Waals surface area contributed by atoms with Crippen LogP contribution in [0.4, 0.5) is 5.69 Å². The molecular weight excluding hydrogens is 266 g/mol. The van der Waals surface area contributed by atoms with Gasteiger partial charge in [0, 0.05) is 22.4 Å². The second kappa shape index (κ2) is 6.14. The SMILES string of the molecule is CC(=O)Nc1cc(C)c(Sc2ccccc2C)cc1C. The van der Waals surface area contributed by atoms with Crippen molar-refractivity contribution in [2.24, 2.45) is 0 Å². The number of benzene rings is 2. The number of rotatable bonds is 3. The van der Waals surface area contributed by atoms with Crippen molar-refractivity contribution in [1.82, 2.24) is 0 Å². The fourth-order valence-corrected chi connectivity index (χ4v) is 3.08. The van der Waals surface area contributed by atoms with Crippen LogP contribution in [0.3, 0.4) is 0 Å². The maximum atomic E-state index is 11.2. The van der Waals surface area contributed by atoms with Crippen LogP contribution in [0, 0.1) is 20.8 Å². The molecule has 2 nitrogen and oxygen atoms in total. The van der Waals surface area contributed by atoms with Gasteiger partial charge in [-0.05, 0) is 55.7 Å². The third-order valence-corrected chi connectivity index (χ3v) is 4.48. The molecule has 0 fully saturated rings. The summed E-state index contributed by atoms with van der Waals surface area (Å²) in [5.74, 6) is -0.0354. The molecular formula is C17H19NOS. The van der Waals surface area contributed by atoms with E-state index in [0.29, 0.717) is 0 Å². The number of amides is 1. The number of aryl methyl sites for hydroxylation is 3. The summed E-state index contributed by atoms with van der Waals surface area (Å²) in [4.78, 5) is 13.7. The van der Waals surface area contributed by atoms with Crippen LogP contribution in [0.25, 0.3) is 0 Å². The Morgan fingerprint density at radius 3 is 2.30 bits per heavy atom. The van der Waals surface area contributed by atoms with Gasteiger partial charge in [0.15, 0.2) is 0 Å². The van der Waals surface area contributed by atoms with Gasteiger partial charge in [-0.1, -0.05) is 30.0 Å². The van der Waals surface area contributed by atoms with Gasteiger partial charge in [0.25, 0.3) is 0 Å². The number of anilines is 1. The van der Waals surface area contributed by atoms with Crippen molar-refractivity contribution in [3.8, 4) is 0 Å². The van der Waals surface area contributed by atoms with Crippen molar-refractivity contribution in [1.29, 1.82) is 0 Å². The van der Waals surface area contributed by atoms with Crippen molar-refractivity contribution in [3.05, 3.63) is 53.1 Å². The lowest BCUT2D eigenvalue weighted by atomic mass is 10.1. The van der Waals surface area contributed by atoms with Gasteiger partial charge in [-0.3, -0.25) is 4.79 Å². The number of hydrogen-bond donors (Lipinski definition) is 1. The minimum Gasteiger partial charge on any atom is -0.326 e. The molecule has 0 saturated heterocycles. The lowest BCUT2D eigenvalue weighted by Gasteiger charge is -2.13. The minimum absolute atomic E-state index is 0.0354. The summed E-state index contributed by atoms with van der Waals surface area (Å²) in [5.41, 5.74) is 4.43. The molecule has 0 aliphatic heterocycles. The van der Waals surface area contributed by atoms with Crippen LogP contribution in [0.15, 0.2) is 46.2 Å². The molecule has 2 aromatic rings. The topological polar surface area (TPSA) is 29.1 Å². The number of nitrogens with one attached hydrogen (secondary N) is 1. The van der Waals surface area contributed by atoms with E-state index in [1.807, 2.05) is 13.0 Å². The smallest absolute Gasteiger partial charge is 0.221 e. The quantitative estimate of drug-likeness (QED) is 0.884. The van der Waals surface area contributed by atoms with E-state index in [9.17, 15) is 4.79 Å². The van der Waals surface area contributed by atoms with Crippen molar-refractivity contribution in [3.63, 3.8) is 0 Å². The Labute approximate surface area is 124 Å². The minimum atomic E-state index is -0.0354. The Hall–Kier alpha value is -1.74. The summed E-state index contributed by atoms with van der Waals surface area (Å²) in [6.07, 6.45) is 0. The first-order chi connectivity index (χ1) is 9.47. The highest BCUT2D eigenvalue weighted by Gasteiger charge is 2.08. The van der Waals surface area contributed by atoms with E-state index in [-0.39, 0.29) is 5.91 Å². The van der Waals surface area contributed by atoms with Crippen LogP contribution in [0.1, 0.15) is 23.6 Å². The standard InChI is InChI=1S/C17H19NOS/c1-11-7-5-6-8-16(11)20-17-10-12(2)15(9-13(17)3)18-14(4)19/h5-10H,1-4H3,(H,18,19). The van der Waals surface area contributed by atoms with Crippen molar-refractivity contribution in [2.45, 2.75) is 37.5 Å². The second-order valence-electron chi connectivity index (χ2n) is 4.98. The molecule has 0 unspecified atom stereocenters. The molecule has 104 valence electrons. The highest BCUT2D eigenvalue weighted by Crippen LogP contribution is 2.34. The average Bonchev–Trinajstić information content (AvgIpc) is 2.37. The summed E-state index contributed by atoms with van der Waals surface area (Å²) in [6.45, 7) is 7.75. The summed E-state index contributed by atoms with van der Waals surface area (Å²) in [6, 6.07) is 12.5. The third-order valence-electron chi connectivity index (χ3n) is 3.15. The van der Waals surface area contributed by atoms with Gasteiger partial charge in [-0.2, -0.15) is 0 Å². The molecule has 0 saturated carbocycles. The molecule has 2 aromatic carbocycles. The second-order valence-corrected chi connectivity index (χ2v) is 6.07. The summed E-state index contributed by atoms with van der Waals surface area (Å²) < 4.78 is 0. The van der Waals surface area contributed by atoms with Crippen LogP contribution in [-0.4, -0.2) is 5.91 Å². The van der Waals surface area contributed by atoms with Gasteiger partial charge in [0.2, 0.25) is 5.91 Å². The van der Waals surface area contributed by atoms with Crippen molar-refractivity contribution < 1.29 is 4.79 Å². The highest BCUT2D eigenvalue weighted by atomic mass is 32.2. The van der Waals surface area contributed by atoms with Crippen LogP contribution in [0.5, 0.6) is 0 Å². The zero-order valence-electron chi connectivity index (χ0n) is 12.3. The molecule has 0 spiro atoms. The Kier molecular flexibility index (Phi) is 4.50. The van der Waals surface area contributed by atoms with Crippen LogP contribution >= 0.6 is 11.8 Å². The fourth-order valence-electron chi connectivity index (χ4n) is 2.01. The number of carbonyl (C=O) groups excluding carboxylic acids is 1. The third kappa shape index (κ3) is 3.42. The number of carbonyl (C=O) groups is 1. The molecule has 1 N–H and O–H groups in total. The van der Waals surface area contributed by atoms with E-state index >= 15 is 0 Å². The molecule has 3 heteroatoms. The van der Waals surface area contributed by atoms with E-state index in [0.717, 1.165) is 11.3 Å². The Balaban J connectivity index is 2.32. The lowest BCUT2D eigenvalue weighted by molar-refractivity contribution is -0.114. The molecule has 2 rings (SSSR count). The first kappa shape index (κ1) is 14.7. The molecule has 0 atom stereocenters. The zero-order valence-corrected chi connectivity index (χ0v) is 13.1. The lowest BCUT2D eigenvalue weighted by Crippen LogP contribution is -2.07. The first-order valence-corrected chi connectivity index (χ1v) is 7.41. The molecule has 0 bridgehead atoms. The largest absolute Gasteiger partial charge is 0.326 e. The summed E-state index contributed by atoms with van der Waals surface area (Å²) >= 11 is 1.77. The predicted octanol–water partition coefficient (Wildman–Crippen LogP) is 4.72. The van der Waals surface area contributed by atoms with Gasteiger partial charge < -0.3 is 5.32 Å². The van der Waals surface area contributed by atoms with Gasteiger partial charge in [0.1, 0.15) is 0 Å². The maximum Gasteiger partial charge on any atom is 0.221 e. The van der Waals surface area contributed by atoms with E-state index in [1.165, 1.54) is 27.8 Å². The molecule has 20 heavy (non-hydrogen) atoms. The van der Waals surface area contributed by atoms with Crippen molar-refractivity contribution >= 4 is 23.4 Å². The van der Waals surface area contributed by atoms with E-state index in [2.05, 4.69) is 49.5 Å². The van der Waals surface area contributed by atoms with E-state index < -0.39 is 0 Å². The molecule has 0 heterocycles. The number of hydrogen-bond acceptors (Lipinski definition) is 2. The van der Waals surface area contributed by atoms with E-state index in [4.69, 9.17) is 0 Å². The summed E-state index contributed by atoms with van der Waals surface area (Å²) in [7, 11) is 0. The van der Waals surface area contributed by atoms with Crippen LogP contribution in [0.2, 0.25) is 0 Å². The van der Waals surface area contributed by atoms with Crippen LogP contribution in [-0.2, 0) is 4.79 Å². The van der Waals surface area contributed by atoms with Gasteiger partial charge in [0.05, 0.1) is 0 Å². The van der Waals surface area contributed by atoms with Crippen molar-refractivity contribution in [2.75, 3.05) is 5.32 Å². The normalized spacial score (nSPS) is 10.4. The Morgan fingerprint density at radius 1 is 0.950 bits per heavy atom. The average molecular weight is 285 g/mol. The molecule has 0 aromatic heterocycles. The summed E-state index contributed by atoms with van der Waals surface area (Å²) in [5, 5.41) is 2.87. The van der Waals surface area contributed by atoms with Gasteiger partial charge in [-0.25, -0.2) is 0 Å². The Bertz CT molecular complexity index is 649. The Morgan fingerprint density at radius 2 is 1.65 bits per heavy atom. The fraction of sp³-hybridized carbons (Fsp3) is 0.235. The molecule has 0 aliphatic carbocycles. The first-order valence-electron chi connectivity index (χ1n) is 6.59. The molecule has 0 aliphatic rings. The van der Waals surface area contributed by atoms with Gasteiger partial charge in [-0.15, -0.1) is 0 Å². The highest BCUT2D eigenvalue weighted by molar-refractivity contribution is 7.99. The molecule has 0 radical (unpaired) electrons. The predicted molar refractivity (Wildman–Crippen MR) is 85.5 cm³/mol. The molecule has 1 amide bonds. The van der Waals surface area contributed by atoms with Gasteiger partial charge >= 0.3 is 0 Å². The maximum absolute atomic E-state index is 11.2. The van der Waals surface area contributed by atoms with Crippen LogP contribution < -0.4 is 5.32 Å². The van der Waals surface area contributed by atoms with E-state index in [1.54, 1.807) is 11.8 Å².